The fourth-order valence-corrected chi connectivity index (χ4v) is 2.98. The zero-order valence-electron chi connectivity index (χ0n) is 13.3. The Labute approximate surface area is 139 Å². The van der Waals surface area contributed by atoms with Crippen LogP contribution < -0.4 is 4.90 Å². The van der Waals surface area contributed by atoms with Gasteiger partial charge in [-0.3, -0.25) is 0 Å². The zero-order valence-corrected chi connectivity index (χ0v) is 13.3. The number of aromatic hydroxyl groups is 1. The van der Waals surface area contributed by atoms with Gasteiger partial charge in [0.15, 0.2) is 5.60 Å². The van der Waals surface area contributed by atoms with Crippen LogP contribution in [0.2, 0.25) is 0 Å². The maximum atomic E-state index is 11.4. The molecule has 126 valence electrons. The zero-order chi connectivity index (χ0) is 17.2. The Morgan fingerprint density at radius 1 is 1.29 bits per heavy atom. The van der Waals surface area contributed by atoms with Crippen molar-refractivity contribution in [2.24, 2.45) is 0 Å². The lowest BCUT2D eigenvalue weighted by Crippen LogP contribution is -2.50. The molecule has 1 aliphatic rings. The maximum Gasteiger partial charge on any atom is 0.336 e. The van der Waals surface area contributed by atoms with Crippen LogP contribution in [0.25, 0.3) is 11.3 Å². The van der Waals surface area contributed by atoms with Gasteiger partial charge in [-0.05, 0) is 18.2 Å². The molecule has 0 bridgehead atoms. The first-order chi connectivity index (χ1) is 11.6. The van der Waals surface area contributed by atoms with Crippen LogP contribution in [-0.2, 0) is 9.53 Å². The van der Waals surface area contributed by atoms with Gasteiger partial charge in [0.25, 0.3) is 0 Å². The summed E-state index contributed by atoms with van der Waals surface area (Å²) in [5.74, 6) is -0.778. The summed E-state index contributed by atoms with van der Waals surface area (Å²) >= 11 is 0. The third-order valence-electron chi connectivity index (χ3n) is 4.54. The highest BCUT2D eigenvalue weighted by atomic mass is 16.5. The Kier molecular flexibility index (Phi) is 4.35. The van der Waals surface area contributed by atoms with Gasteiger partial charge in [0.05, 0.1) is 17.6 Å². The summed E-state index contributed by atoms with van der Waals surface area (Å²) in [6, 6.07) is 8.80. The predicted molar refractivity (Wildman–Crippen MR) is 88.0 cm³/mol. The van der Waals surface area contributed by atoms with Gasteiger partial charge < -0.3 is 19.8 Å². The van der Waals surface area contributed by atoms with Crippen LogP contribution in [0.3, 0.4) is 0 Å². The third-order valence-corrected chi connectivity index (χ3v) is 4.54. The molecule has 0 saturated carbocycles. The van der Waals surface area contributed by atoms with Crippen molar-refractivity contribution < 1.29 is 19.7 Å². The average molecular weight is 329 g/mol. The number of benzene rings is 1. The Balaban J connectivity index is 1.81. The van der Waals surface area contributed by atoms with Gasteiger partial charge in [0, 0.05) is 38.6 Å². The molecule has 3 rings (SSSR count). The number of phenolic OH excluding ortho intramolecular Hbond substituents is 1. The molecule has 1 saturated heterocycles. The van der Waals surface area contributed by atoms with Gasteiger partial charge in [0.1, 0.15) is 5.75 Å². The first-order valence-electron chi connectivity index (χ1n) is 7.70. The molecule has 1 aliphatic heterocycles. The second-order valence-electron chi connectivity index (χ2n) is 5.81. The average Bonchev–Trinajstić information content (AvgIpc) is 2.62. The van der Waals surface area contributed by atoms with Crippen molar-refractivity contribution >= 4 is 11.7 Å². The van der Waals surface area contributed by atoms with Crippen molar-refractivity contribution in [2.75, 3.05) is 25.1 Å². The summed E-state index contributed by atoms with van der Waals surface area (Å²) in [6.45, 7) is 1.10. The number of rotatable bonds is 4. The molecule has 24 heavy (non-hydrogen) atoms. The number of methoxy groups -OCH3 is 1. The fraction of sp³-hybridized carbons (Fsp3) is 0.353. The van der Waals surface area contributed by atoms with Crippen molar-refractivity contribution in [3.8, 4) is 17.0 Å². The van der Waals surface area contributed by atoms with E-state index in [9.17, 15) is 15.0 Å². The molecule has 0 unspecified atom stereocenters. The maximum absolute atomic E-state index is 11.4. The summed E-state index contributed by atoms with van der Waals surface area (Å²) in [6.07, 6.45) is 2.43. The van der Waals surface area contributed by atoms with Gasteiger partial charge in [-0.15, -0.1) is 0 Å². The van der Waals surface area contributed by atoms with Gasteiger partial charge in [-0.1, -0.05) is 12.1 Å². The van der Waals surface area contributed by atoms with Gasteiger partial charge in [-0.2, -0.15) is 10.2 Å². The van der Waals surface area contributed by atoms with Crippen molar-refractivity contribution in [2.45, 2.75) is 18.4 Å². The first-order valence-corrected chi connectivity index (χ1v) is 7.70. The number of carboxylic acids is 1. The molecule has 0 atom stereocenters. The smallest absolute Gasteiger partial charge is 0.336 e. The Bertz CT molecular complexity index is 742. The number of carboxylic acid groups (broad SMARTS) is 1. The molecular formula is C17H19N3O4. The lowest BCUT2D eigenvalue weighted by atomic mass is 9.91. The molecule has 2 heterocycles. The number of hydrogen-bond donors (Lipinski definition) is 2. The molecule has 2 N–H and O–H groups in total. The van der Waals surface area contributed by atoms with E-state index in [1.54, 1.807) is 24.4 Å². The first kappa shape index (κ1) is 16.2. The Hall–Kier alpha value is -2.67. The molecule has 2 aromatic rings. The number of nitrogens with zero attached hydrogens (tertiary/aromatic N) is 3. The van der Waals surface area contributed by atoms with Crippen molar-refractivity contribution in [1.29, 1.82) is 0 Å². The lowest BCUT2D eigenvalue weighted by Gasteiger charge is -2.38. The number of piperidine rings is 1. The lowest BCUT2D eigenvalue weighted by molar-refractivity contribution is -0.164. The van der Waals surface area contributed by atoms with Gasteiger partial charge in [0.2, 0.25) is 0 Å². The van der Waals surface area contributed by atoms with Crippen molar-refractivity contribution in [3.63, 3.8) is 0 Å². The van der Waals surface area contributed by atoms with E-state index in [0.717, 1.165) is 5.69 Å². The molecule has 1 fully saturated rings. The molecule has 0 amide bonds. The van der Waals surface area contributed by atoms with E-state index in [-0.39, 0.29) is 5.75 Å². The molecule has 1 aromatic heterocycles. The quantitative estimate of drug-likeness (QED) is 0.884. The molecule has 7 nitrogen and oxygen atoms in total. The summed E-state index contributed by atoms with van der Waals surface area (Å²) in [7, 11) is 1.44. The van der Waals surface area contributed by atoms with E-state index in [1.165, 1.54) is 7.11 Å². The predicted octanol–water partition coefficient (Wildman–Crippen LogP) is 1.92. The molecule has 0 spiro atoms. The van der Waals surface area contributed by atoms with Crippen LogP contribution in [0, 0.1) is 0 Å². The van der Waals surface area contributed by atoms with Crippen LogP contribution in [0.4, 0.5) is 5.69 Å². The SMILES string of the molecule is COC1(C(=O)O)CCN(c2cnnc(-c3ccccc3O)c2)CC1. The second kappa shape index (κ2) is 6.45. The minimum atomic E-state index is -1.11. The topological polar surface area (TPSA) is 95.8 Å². The van der Waals surface area contributed by atoms with Crippen LogP contribution in [0.5, 0.6) is 5.75 Å². The van der Waals surface area contributed by atoms with Crippen LogP contribution >= 0.6 is 0 Å². The fourth-order valence-electron chi connectivity index (χ4n) is 2.98. The summed E-state index contributed by atoms with van der Waals surface area (Å²) in [4.78, 5) is 13.5. The number of phenols is 1. The molecule has 1 aromatic carbocycles. The standard InChI is InChI=1S/C17H19N3O4/c1-24-17(16(22)23)6-8-20(9-7-17)12-10-14(19-18-11-12)13-4-2-3-5-15(13)21/h2-5,10-11,21H,6-9H2,1H3,(H,22,23). The number of carbonyl (C=O) groups is 1. The Morgan fingerprint density at radius 3 is 2.62 bits per heavy atom. The second-order valence-corrected chi connectivity index (χ2v) is 5.81. The summed E-state index contributed by atoms with van der Waals surface area (Å²) < 4.78 is 5.25. The molecule has 7 heteroatoms. The number of anilines is 1. The Morgan fingerprint density at radius 2 is 2.00 bits per heavy atom. The van der Waals surface area contributed by atoms with E-state index in [1.807, 2.05) is 12.1 Å². The monoisotopic (exact) mass is 329 g/mol. The van der Waals surface area contributed by atoms with Crippen LogP contribution in [0.1, 0.15) is 12.8 Å². The summed E-state index contributed by atoms with van der Waals surface area (Å²) in [5.41, 5.74) is 0.920. The minimum Gasteiger partial charge on any atom is -0.507 e. The number of ether oxygens (including phenoxy) is 1. The van der Waals surface area contributed by atoms with Crippen LogP contribution in [0.15, 0.2) is 36.5 Å². The number of aliphatic carboxylic acids is 1. The van der Waals surface area contributed by atoms with E-state index in [2.05, 4.69) is 15.1 Å². The van der Waals surface area contributed by atoms with E-state index in [0.29, 0.717) is 37.2 Å². The summed E-state index contributed by atoms with van der Waals surface area (Å²) in [5, 5.41) is 27.4. The highest BCUT2D eigenvalue weighted by Crippen LogP contribution is 2.32. The molecule has 0 aliphatic carbocycles. The van der Waals surface area contributed by atoms with E-state index in [4.69, 9.17) is 4.74 Å². The normalized spacial score (nSPS) is 16.8. The van der Waals surface area contributed by atoms with Gasteiger partial charge >= 0.3 is 5.97 Å². The van der Waals surface area contributed by atoms with E-state index >= 15 is 0 Å². The largest absolute Gasteiger partial charge is 0.507 e. The van der Waals surface area contributed by atoms with Crippen molar-refractivity contribution in [3.05, 3.63) is 36.5 Å². The third kappa shape index (κ3) is 2.90. The van der Waals surface area contributed by atoms with E-state index < -0.39 is 11.6 Å². The molecule has 0 radical (unpaired) electrons. The highest BCUT2D eigenvalue weighted by molar-refractivity contribution is 5.78. The minimum absolute atomic E-state index is 0.145. The number of hydrogen-bond acceptors (Lipinski definition) is 6. The highest BCUT2D eigenvalue weighted by Gasteiger charge is 2.41. The number of para-hydroxylation sites is 1. The number of aromatic nitrogens is 2. The van der Waals surface area contributed by atoms with Gasteiger partial charge in [-0.25, -0.2) is 4.79 Å². The van der Waals surface area contributed by atoms with Crippen molar-refractivity contribution in [1.82, 2.24) is 10.2 Å². The van der Waals surface area contributed by atoms with Crippen LogP contribution in [-0.4, -0.2) is 52.2 Å². The molecular weight excluding hydrogens is 310 g/mol.